The average molecular weight is 210 g/mol. The maximum Gasteiger partial charge on any atom is 0.130 e. The van der Waals surface area contributed by atoms with Crippen LogP contribution in [0, 0.1) is 0 Å². The van der Waals surface area contributed by atoms with E-state index in [-0.39, 0.29) is 6.54 Å². The Bertz CT molecular complexity index is 395. The number of nitrogen functional groups attached to an aromatic ring is 1. The van der Waals surface area contributed by atoms with Crippen molar-refractivity contribution in [2.24, 2.45) is 5.11 Å². The van der Waals surface area contributed by atoms with Crippen LogP contribution in [0.15, 0.2) is 23.5 Å². The van der Waals surface area contributed by atoms with Gasteiger partial charge in [-0.3, -0.25) is 0 Å². The third-order valence-electron chi connectivity index (χ3n) is 1.46. The second-order valence-corrected chi connectivity index (χ2v) is 2.88. The van der Waals surface area contributed by atoms with Gasteiger partial charge in [-0.15, -0.1) is 0 Å². The number of pyridine rings is 1. The van der Waals surface area contributed by atoms with Crippen LogP contribution in [-0.2, 0) is 0 Å². The van der Waals surface area contributed by atoms with Crippen LogP contribution in [0.25, 0.3) is 16.5 Å². The number of halogens is 1. The third-order valence-corrected chi connectivity index (χ3v) is 1.67. The largest absolute Gasteiger partial charge is 0.383 e. The number of hydrogen-bond acceptors (Lipinski definition) is 3. The molecule has 0 saturated carbocycles. The molecule has 0 radical (unpaired) electrons. The van der Waals surface area contributed by atoms with Gasteiger partial charge in [-0.25, -0.2) is 4.98 Å². The first-order valence-corrected chi connectivity index (χ1v) is 4.20. The Balaban J connectivity index is 2.79. The minimum absolute atomic E-state index is 0.280. The Kier molecular flexibility index (Phi) is 3.79. The molecule has 2 N–H and O–H groups in total. The van der Waals surface area contributed by atoms with Crippen LogP contribution in [0.2, 0.25) is 5.02 Å². The van der Waals surface area contributed by atoms with Crippen LogP contribution in [0.5, 0.6) is 0 Å². The molecular formula is C8H8ClN5. The van der Waals surface area contributed by atoms with Crippen molar-refractivity contribution in [3.8, 4) is 0 Å². The van der Waals surface area contributed by atoms with Gasteiger partial charge in [0.05, 0.1) is 5.02 Å². The Morgan fingerprint density at radius 2 is 2.50 bits per heavy atom. The van der Waals surface area contributed by atoms with Crippen molar-refractivity contribution in [3.05, 3.63) is 39.4 Å². The van der Waals surface area contributed by atoms with Crippen molar-refractivity contribution in [1.82, 2.24) is 4.98 Å². The van der Waals surface area contributed by atoms with E-state index in [9.17, 15) is 0 Å². The molecule has 1 aromatic rings. The molecule has 0 spiro atoms. The van der Waals surface area contributed by atoms with Crippen LogP contribution < -0.4 is 5.73 Å². The first-order valence-electron chi connectivity index (χ1n) is 3.82. The number of hydrogen-bond donors (Lipinski definition) is 1. The molecule has 0 bridgehead atoms. The zero-order chi connectivity index (χ0) is 10.4. The zero-order valence-corrected chi connectivity index (χ0v) is 8.02. The molecule has 0 amide bonds. The molecule has 0 saturated heterocycles. The van der Waals surface area contributed by atoms with E-state index in [1.807, 2.05) is 0 Å². The summed E-state index contributed by atoms with van der Waals surface area (Å²) in [5, 5.41) is 3.85. The lowest BCUT2D eigenvalue weighted by Gasteiger charge is -1.98. The molecule has 1 heterocycles. The van der Waals surface area contributed by atoms with Crippen molar-refractivity contribution in [1.29, 1.82) is 0 Å². The summed E-state index contributed by atoms with van der Waals surface area (Å²) in [6.45, 7) is 0.280. The number of rotatable bonds is 3. The third kappa shape index (κ3) is 2.97. The van der Waals surface area contributed by atoms with Gasteiger partial charge in [-0.05, 0) is 11.6 Å². The summed E-state index contributed by atoms with van der Waals surface area (Å²) < 4.78 is 0. The molecule has 1 rings (SSSR count). The predicted octanol–water partition coefficient (Wildman–Crippen LogP) is 2.64. The molecule has 1 aromatic heterocycles. The average Bonchev–Trinajstić information content (AvgIpc) is 2.18. The van der Waals surface area contributed by atoms with E-state index in [4.69, 9.17) is 22.9 Å². The minimum atomic E-state index is 0.280. The highest BCUT2D eigenvalue weighted by atomic mass is 35.5. The molecule has 0 aliphatic heterocycles. The fourth-order valence-electron chi connectivity index (χ4n) is 0.862. The summed E-state index contributed by atoms with van der Waals surface area (Å²) in [4.78, 5) is 6.48. The lowest BCUT2D eigenvalue weighted by atomic mass is 10.2. The van der Waals surface area contributed by atoms with Crippen LogP contribution in [0.1, 0.15) is 5.56 Å². The van der Waals surface area contributed by atoms with E-state index in [0.29, 0.717) is 16.4 Å². The van der Waals surface area contributed by atoms with Gasteiger partial charge in [0.25, 0.3) is 0 Å². The van der Waals surface area contributed by atoms with E-state index in [1.54, 1.807) is 18.2 Å². The molecule has 72 valence electrons. The number of azide groups is 1. The Morgan fingerprint density at radius 3 is 3.21 bits per heavy atom. The highest BCUT2D eigenvalue weighted by Crippen LogP contribution is 2.15. The molecule has 14 heavy (non-hydrogen) atoms. The lowest BCUT2D eigenvalue weighted by molar-refractivity contribution is 1.22. The van der Waals surface area contributed by atoms with Crippen LogP contribution in [0.3, 0.4) is 0 Å². The Labute approximate surface area is 85.8 Å². The lowest BCUT2D eigenvalue weighted by Crippen LogP contribution is -1.92. The topological polar surface area (TPSA) is 87.7 Å². The van der Waals surface area contributed by atoms with Crippen LogP contribution >= 0.6 is 11.6 Å². The number of nitrogens with zero attached hydrogens (tertiary/aromatic N) is 4. The van der Waals surface area contributed by atoms with Gasteiger partial charge in [0.2, 0.25) is 0 Å². The molecule has 6 heteroatoms. The second kappa shape index (κ2) is 5.11. The van der Waals surface area contributed by atoms with E-state index in [2.05, 4.69) is 15.0 Å². The molecular weight excluding hydrogens is 202 g/mol. The van der Waals surface area contributed by atoms with Crippen molar-refractivity contribution in [3.63, 3.8) is 0 Å². The molecule has 0 fully saturated rings. The second-order valence-electron chi connectivity index (χ2n) is 2.44. The standard InChI is InChI=1S/C8H8ClN5/c9-7-4-6(8(10)12-5-7)2-1-3-13-14-11/h1-2,4-5H,3H2,(H2,10,12). The van der Waals surface area contributed by atoms with E-state index in [1.165, 1.54) is 6.20 Å². The summed E-state index contributed by atoms with van der Waals surface area (Å²) in [5.41, 5.74) is 14.3. The maximum absolute atomic E-state index is 8.03. The first kappa shape index (κ1) is 10.4. The first-order chi connectivity index (χ1) is 6.74. The molecule has 5 nitrogen and oxygen atoms in total. The van der Waals surface area contributed by atoms with Crippen molar-refractivity contribution in [2.45, 2.75) is 0 Å². The fraction of sp³-hybridized carbons (Fsp3) is 0.125. The maximum atomic E-state index is 8.03. The summed E-state index contributed by atoms with van der Waals surface area (Å²) in [7, 11) is 0. The highest BCUT2D eigenvalue weighted by molar-refractivity contribution is 6.30. The molecule has 0 unspecified atom stereocenters. The van der Waals surface area contributed by atoms with Crippen molar-refractivity contribution < 1.29 is 0 Å². The molecule has 0 aliphatic rings. The van der Waals surface area contributed by atoms with Gasteiger partial charge >= 0.3 is 0 Å². The predicted molar refractivity (Wildman–Crippen MR) is 56.7 cm³/mol. The SMILES string of the molecule is [N-]=[N+]=NCC=Cc1cc(Cl)cnc1N. The monoisotopic (exact) mass is 209 g/mol. The summed E-state index contributed by atoms with van der Waals surface area (Å²) in [5.74, 6) is 0.395. The van der Waals surface area contributed by atoms with Gasteiger partial charge in [-0.1, -0.05) is 28.9 Å². The molecule has 0 atom stereocenters. The zero-order valence-electron chi connectivity index (χ0n) is 7.26. The van der Waals surface area contributed by atoms with E-state index < -0.39 is 0 Å². The summed E-state index contributed by atoms with van der Waals surface area (Å²) >= 11 is 5.72. The van der Waals surface area contributed by atoms with Crippen molar-refractivity contribution in [2.75, 3.05) is 12.3 Å². The molecule has 0 aromatic carbocycles. The number of aromatic nitrogens is 1. The number of anilines is 1. The highest BCUT2D eigenvalue weighted by Gasteiger charge is 1.96. The van der Waals surface area contributed by atoms with Gasteiger partial charge in [-0.2, -0.15) is 0 Å². The van der Waals surface area contributed by atoms with Gasteiger partial charge < -0.3 is 5.73 Å². The Hall–Kier alpha value is -1.71. The van der Waals surface area contributed by atoms with E-state index in [0.717, 1.165) is 0 Å². The van der Waals surface area contributed by atoms with Gasteiger partial charge in [0, 0.05) is 23.2 Å². The van der Waals surface area contributed by atoms with Crippen molar-refractivity contribution >= 4 is 23.5 Å². The fourth-order valence-corrected chi connectivity index (χ4v) is 1.03. The van der Waals surface area contributed by atoms with E-state index >= 15 is 0 Å². The minimum Gasteiger partial charge on any atom is -0.383 e. The smallest absolute Gasteiger partial charge is 0.130 e. The quantitative estimate of drug-likeness (QED) is 0.471. The number of nitrogens with two attached hydrogens (primary N) is 1. The Morgan fingerprint density at radius 1 is 1.71 bits per heavy atom. The molecule has 0 aliphatic carbocycles. The van der Waals surface area contributed by atoms with Gasteiger partial charge in [0.15, 0.2) is 0 Å². The normalized spacial score (nSPS) is 10.1. The van der Waals surface area contributed by atoms with Gasteiger partial charge in [0.1, 0.15) is 5.82 Å². The van der Waals surface area contributed by atoms with Crippen LogP contribution in [-0.4, -0.2) is 11.5 Å². The summed E-state index contributed by atoms with van der Waals surface area (Å²) in [6.07, 6.45) is 4.87. The summed E-state index contributed by atoms with van der Waals surface area (Å²) in [6, 6.07) is 1.69. The van der Waals surface area contributed by atoms with Crippen LogP contribution in [0.4, 0.5) is 5.82 Å².